The monoisotopic (exact) mass is 455 g/mol. The summed E-state index contributed by atoms with van der Waals surface area (Å²) in [6, 6.07) is 11.5. The Bertz CT molecular complexity index is 1250. The second-order valence-corrected chi connectivity index (χ2v) is 9.30. The van der Waals surface area contributed by atoms with Crippen LogP contribution in [0.5, 0.6) is 5.75 Å². The van der Waals surface area contributed by atoms with Gasteiger partial charge in [0.25, 0.3) is 10.0 Å². The minimum absolute atomic E-state index is 0.122. The van der Waals surface area contributed by atoms with Crippen molar-refractivity contribution in [3.8, 4) is 5.75 Å². The van der Waals surface area contributed by atoms with Crippen molar-refractivity contribution in [2.75, 3.05) is 19.0 Å². The van der Waals surface area contributed by atoms with Gasteiger partial charge in [0.05, 0.1) is 24.7 Å². The molecular weight excluding hydrogens is 430 g/mol. The highest BCUT2D eigenvalue weighted by atomic mass is 32.2. The number of amidine groups is 1. The van der Waals surface area contributed by atoms with Crippen LogP contribution in [0.4, 0.5) is 5.69 Å². The Morgan fingerprint density at radius 1 is 1.12 bits per heavy atom. The number of ether oxygens (including phenoxy) is 1. The fourth-order valence-electron chi connectivity index (χ4n) is 3.59. The topological polar surface area (TPSA) is 110 Å². The molecule has 0 aliphatic carbocycles. The molecule has 1 aliphatic rings. The molecule has 0 radical (unpaired) electrons. The molecule has 1 amide bonds. The molecule has 1 aromatic heterocycles. The van der Waals surface area contributed by atoms with E-state index in [1.165, 1.54) is 12.1 Å². The lowest BCUT2D eigenvalue weighted by Gasteiger charge is -2.10. The third-order valence-corrected chi connectivity index (χ3v) is 6.69. The number of benzene rings is 2. The first-order valence-electron chi connectivity index (χ1n) is 10.4. The van der Waals surface area contributed by atoms with Crippen molar-refractivity contribution in [2.24, 2.45) is 4.99 Å². The van der Waals surface area contributed by atoms with Gasteiger partial charge in [0.2, 0.25) is 5.91 Å². The fraction of sp³-hybridized carbons (Fsp3) is 0.304. The third-order valence-electron chi connectivity index (χ3n) is 5.29. The number of nitrogens with zero attached hydrogens (tertiary/aromatic N) is 1. The van der Waals surface area contributed by atoms with Crippen LogP contribution in [0, 0.1) is 0 Å². The molecule has 9 heteroatoms. The van der Waals surface area contributed by atoms with Crippen LogP contribution in [0.3, 0.4) is 0 Å². The summed E-state index contributed by atoms with van der Waals surface area (Å²) in [6.45, 7) is 0.641. The molecular formula is C23H25N3O5S. The van der Waals surface area contributed by atoms with E-state index in [0.717, 1.165) is 30.2 Å². The van der Waals surface area contributed by atoms with Gasteiger partial charge in [0.1, 0.15) is 17.2 Å². The summed E-state index contributed by atoms with van der Waals surface area (Å²) < 4.78 is 38.5. The number of rotatable bonds is 6. The van der Waals surface area contributed by atoms with Crippen LogP contribution >= 0.6 is 0 Å². The number of nitrogens with one attached hydrogen (secondary N) is 2. The largest absolute Gasteiger partial charge is 0.497 e. The second-order valence-electron chi connectivity index (χ2n) is 7.62. The van der Waals surface area contributed by atoms with Gasteiger partial charge in [-0.15, -0.1) is 0 Å². The predicted octanol–water partition coefficient (Wildman–Crippen LogP) is 3.87. The van der Waals surface area contributed by atoms with E-state index in [1.807, 2.05) is 12.1 Å². The number of amides is 1. The SMILES string of the molecule is COc1ccc2c(CC(=O)Nc3ccc(S(=O)(=O)NC4=NCCCCC4)cc3)coc2c1. The maximum absolute atomic E-state index is 12.6. The Morgan fingerprint density at radius 2 is 1.94 bits per heavy atom. The van der Waals surface area contributed by atoms with Gasteiger partial charge in [0.15, 0.2) is 0 Å². The number of anilines is 1. The molecule has 8 nitrogen and oxygen atoms in total. The van der Waals surface area contributed by atoms with Crippen molar-refractivity contribution in [3.05, 3.63) is 54.3 Å². The number of aliphatic imine (C=N–C) groups is 1. The Labute approximate surface area is 186 Å². The molecule has 1 aliphatic heterocycles. The zero-order valence-corrected chi connectivity index (χ0v) is 18.6. The molecule has 3 aromatic rings. The van der Waals surface area contributed by atoms with Crippen LogP contribution < -0.4 is 14.8 Å². The molecule has 2 aromatic carbocycles. The maximum Gasteiger partial charge on any atom is 0.262 e. The average molecular weight is 456 g/mol. The van der Waals surface area contributed by atoms with Gasteiger partial charge < -0.3 is 14.5 Å². The van der Waals surface area contributed by atoms with E-state index < -0.39 is 10.0 Å². The van der Waals surface area contributed by atoms with E-state index >= 15 is 0 Å². The van der Waals surface area contributed by atoms with Crippen molar-refractivity contribution < 1.29 is 22.4 Å². The fourth-order valence-corrected chi connectivity index (χ4v) is 4.68. The van der Waals surface area contributed by atoms with E-state index in [9.17, 15) is 13.2 Å². The van der Waals surface area contributed by atoms with Crippen LogP contribution in [0.15, 0.2) is 63.0 Å². The molecule has 0 saturated carbocycles. The number of furan rings is 1. The second kappa shape index (κ2) is 9.44. The Hall–Kier alpha value is -3.33. The van der Waals surface area contributed by atoms with Gasteiger partial charge in [-0.2, -0.15) is 0 Å². The van der Waals surface area contributed by atoms with Crippen LogP contribution in [0.1, 0.15) is 31.2 Å². The van der Waals surface area contributed by atoms with Crippen molar-refractivity contribution in [2.45, 2.75) is 37.0 Å². The molecule has 0 spiro atoms. The first kappa shape index (κ1) is 21.9. The van der Waals surface area contributed by atoms with Crippen molar-refractivity contribution >= 4 is 38.4 Å². The zero-order valence-electron chi connectivity index (χ0n) is 17.8. The molecule has 0 fully saturated rings. The van der Waals surface area contributed by atoms with Gasteiger partial charge in [-0.3, -0.25) is 14.5 Å². The van der Waals surface area contributed by atoms with Crippen LogP contribution in [0.25, 0.3) is 11.0 Å². The minimum Gasteiger partial charge on any atom is -0.497 e. The van der Waals surface area contributed by atoms with Crippen LogP contribution in [-0.2, 0) is 21.2 Å². The molecule has 0 bridgehead atoms. The van der Waals surface area contributed by atoms with Gasteiger partial charge >= 0.3 is 0 Å². The molecule has 0 unspecified atom stereocenters. The molecule has 0 atom stereocenters. The lowest BCUT2D eigenvalue weighted by Crippen LogP contribution is -2.30. The van der Waals surface area contributed by atoms with Crippen LogP contribution in [-0.4, -0.2) is 33.8 Å². The first-order valence-corrected chi connectivity index (χ1v) is 11.9. The van der Waals surface area contributed by atoms with Gasteiger partial charge in [0, 0.05) is 35.7 Å². The number of sulfonamides is 1. The molecule has 32 heavy (non-hydrogen) atoms. The highest BCUT2D eigenvalue weighted by Gasteiger charge is 2.17. The number of fused-ring (bicyclic) bond motifs is 1. The summed E-state index contributed by atoms with van der Waals surface area (Å²) in [5, 5.41) is 3.63. The van der Waals surface area contributed by atoms with E-state index in [-0.39, 0.29) is 17.2 Å². The van der Waals surface area contributed by atoms with E-state index in [0.29, 0.717) is 35.8 Å². The van der Waals surface area contributed by atoms with Crippen LogP contribution in [0.2, 0.25) is 0 Å². The smallest absolute Gasteiger partial charge is 0.262 e. The number of carbonyl (C=O) groups excluding carboxylic acids is 1. The van der Waals surface area contributed by atoms with E-state index in [4.69, 9.17) is 9.15 Å². The standard InChI is InChI=1S/C23H25N3O5S/c1-30-18-8-11-20-16(15-31-21(20)14-18)13-23(27)25-17-6-9-19(10-7-17)32(28,29)26-22-5-3-2-4-12-24-22/h6-11,14-15H,2-5,12-13H2,1H3,(H,24,26)(H,25,27). The summed E-state index contributed by atoms with van der Waals surface area (Å²) in [7, 11) is -2.13. The molecule has 2 N–H and O–H groups in total. The number of hydrogen-bond acceptors (Lipinski definition) is 6. The molecule has 4 rings (SSSR count). The van der Waals surface area contributed by atoms with E-state index in [1.54, 1.807) is 31.6 Å². The number of methoxy groups -OCH3 is 1. The van der Waals surface area contributed by atoms with Crippen molar-refractivity contribution in [1.29, 1.82) is 0 Å². The Balaban J connectivity index is 1.40. The summed E-state index contributed by atoms with van der Waals surface area (Å²) in [5.41, 5.74) is 1.91. The molecule has 168 valence electrons. The number of hydrogen-bond donors (Lipinski definition) is 2. The summed E-state index contributed by atoms with van der Waals surface area (Å²) in [5.74, 6) is 0.952. The quantitative estimate of drug-likeness (QED) is 0.586. The zero-order chi connectivity index (χ0) is 22.6. The first-order chi connectivity index (χ1) is 15.4. The third kappa shape index (κ3) is 5.11. The minimum atomic E-state index is -3.71. The van der Waals surface area contributed by atoms with Gasteiger partial charge in [-0.1, -0.05) is 6.42 Å². The average Bonchev–Trinajstić information content (AvgIpc) is 2.99. The summed E-state index contributed by atoms with van der Waals surface area (Å²) >= 11 is 0. The highest BCUT2D eigenvalue weighted by molar-refractivity contribution is 7.90. The van der Waals surface area contributed by atoms with Crippen molar-refractivity contribution in [3.63, 3.8) is 0 Å². The number of carbonyl (C=O) groups is 1. The van der Waals surface area contributed by atoms with Gasteiger partial charge in [-0.05, 0) is 49.2 Å². The predicted molar refractivity (Wildman–Crippen MR) is 123 cm³/mol. The van der Waals surface area contributed by atoms with E-state index in [2.05, 4.69) is 15.0 Å². The Kier molecular flexibility index (Phi) is 6.45. The maximum atomic E-state index is 12.6. The highest BCUT2D eigenvalue weighted by Crippen LogP contribution is 2.26. The molecule has 2 heterocycles. The lowest BCUT2D eigenvalue weighted by atomic mass is 10.1. The summed E-state index contributed by atoms with van der Waals surface area (Å²) in [6.07, 6.45) is 5.25. The summed E-state index contributed by atoms with van der Waals surface area (Å²) in [4.78, 5) is 16.9. The normalized spacial score (nSPS) is 14.5. The van der Waals surface area contributed by atoms with Crippen molar-refractivity contribution in [1.82, 2.24) is 4.72 Å². The Morgan fingerprint density at radius 3 is 2.72 bits per heavy atom. The lowest BCUT2D eigenvalue weighted by molar-refractivity contribution is -0.115. The molecule has 0 saturated heterocycles. The van der Waals surface area contributed by atoms with Gasteiger partial charge in [-0.25, -0.2) is 8.42 Å².